The predicted octanol–water partition coefficient (Wildman–Crippen LogP) is 1.24. The number of carbonyl (C=O) groups is 1. The fourth-order valence-electron chi connectivity index (χ4n) is 2.65. The van der Waals surface area contributed by atoms with Crippen LogP contribution >= 0.6 is 0 Å². The third kappa shape index (κ3) is 2.51. The molecule has 2 aliphatic heterocycles. The van der Waals surface area contributed by atoms with Crippen LogP contribution in [0.15, 0.2) is 0 Å². The predicted molar refractivity (Wildman–Crippen MR) is 60.5 cm³/mol. The van der Waals surface area contributed by atoms with Gasteiger partial charge in [0.15, 0.2) is 0 Å². The summed E-state index contributed by atoms with van der Waals surface area (Å²) >= 11 is 0. The average molecular weight is 210 g/mol. The first-order valence-corrected chi connectivity index (χ1v) is 6.19. The largest absolute Gasteiger partial charge is 0.341 e. The number of rotatable bonds is 1. The van der Waals surface area contributed by atoms with Crippen molar-refractivity contribution < 1.29 is 4.79 Å². The Morgan fingerprint density at radius 2 is 2.07 bits per heavy atom. The maximum absolute atomic E-state index is 12.2. The van der Waals surface area contributed by atoms with Crippen molar-refractivity contribution in [1.82, 2.24) is 10.2 Å². The average Bonchev–Trinajstić information content (AvgIpc) is 2.64. The molecule has 1 amide bonds. The van der Waals surface area contributed by atoms with Crippen molar-refractivity contribution in [3.63, 3.8) is 0 Å². The van der Waals surface area contributed by atoms with Gasteiger partial charge in [-0.15, -0.1) is 0 Å². The number of likely N-dealkylation sites (tertiary alicyclic amines) is 1. The van der Waals surface area contributed by atoms with Gasteiger partial charge in [0, 0.05) is 13.1 Å². The topological polar surface area (TPSA) is 32.3 Å². The van der Waals surface area contributed by atoms with Gasteiger partial charge in [-0.05, 0) is 37.6 Å². The smallest absolute Gasteiger partial charge is 0.239 e. The molecule has 0 aromatic rings. The van der Waals surface area contributed by atoms with Crippen molar-refractivity contribution in [2.45, 2.75) is 39.2 Å². The summed E-state index contributed by atoms with van der Waals surface area (Å²) in [5, 5.41) is 3.35. The van der Waals surface area contributed by atoms with E-state index < -0.39 is 0 Å². The molecule has 0 radical (unpaired) electrons. The van der Waals surface area contributed by atoms with E-state index in [-0.39, 0.29) is 6.04 Å². The molecule has 3 atom stereocenters. The molecule has 3 unspecified atom stereocenters. The third-order valence-corrected chi connectivity index (χ3v) is 3.70. The molecular weight excluding hydrogens is 188 g/mol. The van der Waals surface area contributed by atoms with Gasteiger partial charge in [-0.2, -0.15) is 0 Å². The second-order valence-corrected chi connectivity index (χ2v) is 5.31. The van der Waals surface area contributed by atoms with Crippen molar-refractivity contribution in [2.75, 3.05) is 19.6 Å². The number of nitrogens with zero attached hydrogens (tertiary/aromatic N) is 1. The summed E-state index contributed by atoms with van der Waals surface area (Å²) in [5.74, 6) is 1.72. The molecule has 0 saturated carbocycles. The van der Waals surface area contributed by atoms with Crippen LogP contribution in [0.1, 0.15) is 33.1 Å². The Morgan fingerprint density at radius 1 is 1.27 bits per heavy atom. The number of hydrogen-bond acceptors (Lipinski definition) is 2. The number of nitrogens with one attached hydrogen (secondary N) is 1. The third-order valence-electron chi connectivity index (χ3n) is 3.70. The minimum atomic E-state index is 0.0963. The van der Waals surface area contributed by atoms with E-state index in [1.165, 1.54) is 12.8 Å². The summed E-state index contributed by atoms with van der Waals surface area (Å²) in [4.78, 5) is 14.2. The second-order valence-electron chi connectivity index (χ2n) is 5.31. The Balaban J connectivity index is 1.89. The van der Waals surface area contributed by atoms with E-state index in [1.54, 1.807) is 0 Å². The minimum absolute atomic E-state index is 0.0963. The van der Waals surface area contributed by atoms with Crippen LogP contribution in [0.4, 0.5) is 0 Å². The number of hydrogen-bond donors (Lipinski definition) is 1. The molecule has 0 aromatic heterocycles. The standard InChI is InChI=1S/C12H22N2O/c1-9-3-5-13-11(7-9)12(15)14-6-4-10(2)8-14/h9-11,13H,3-8H2,1-2H3. The lowest BCUT2D eigenvalue weighted by molar-refractivity contribution is -0.133. The van der Waals surface area contributed by atoms with E-state index in [0.29, 0.717) is 17.7 Å². The molecule has 15 heavy (non-hydrogen) atoms. The molecule has 0 bridgehead atoms. The summed E-state index contributed by atoms with van der Waals surface area (Å²) in [6.45, 7) is 7.40. The van der Waals surface area contributed by atoms with E-state index in [4.69, 9.17) is 0 Å². The van der Waals surface area contributed by atoms with Crippen molar-refractivity contribution >= 4 is 5.91 Å². The molecule has 0 aromatic carbocycles. The molecule has 0 spiro atoms. The molecule has 2 rings (SSSR count). The minimum Gasteiger partial charge on any atom is -0.341 e. The van der Waals surface area contributed by atoms with E-state index in [0.717, 1.165) is 26.1 Å². The molecule has 3 nitrogen and oxygen atoms in total. The van der Waals surface area contributed by atoms with Crippen molar-refractivity contribution in [3.8, 4) is 0 Å². The van der Waals surface area contributed by atoms with E-state index in [9.17, 15) is 4.79 Å². The van der Waals surface area contributed by atoms with Crippen LogP contribution in [0.25, 0.3) is 0 Å². The zero-order chi connectivity index (χ0) is 10.8. The molecule has 2 heterocycles. The fourth-order valence-corrected chi connectivity index (χ4v) is 2.65. The van der Waals surface area contributed by atoms with Crippen LogP contribution in [0, 0.1) is 11.8 Å². The van der Waals surface area contributed by atoms with Gasteiger partial charge in [0.25, 0.3) is 0 Å². The summed E-state index contributed by atoms with van der Waals surface area (Å²) in [7, 11) is 0. The Morgan fingerprint density at radius 3 is 2.67 bits per heavy atom. The van der Waals surface area contributed by atoms with E-state index in [2.05, 4.69) is 19.2 Å². The molecule has 86 valence electrons. The van der Waals surface area contributed by atoms with Gasteiger partial charge < -0.3 is 10.2 Å². The fraction of sp³-hybridized carbons (Fsp3) is 0.917. The highest BCUT2D eigenvalue weighted by atomic mass is 16.2. The first-order valence-electron chi connectivity index (χ1n) is 6.19. The Bertz CT molecular complexity index is 242. The van der Waals surface area contributed by atoms with Gasteiger partial charge in [-0.1, -0.05) is 13.8 Å². The maximum Gasteiger partial charge on any atom is 0.239 e. The van der Waals surface area contributed by atoms with Crippen LogP contribution in [-0.4, -0.2) is 36.5 Å². The van der Waals surface area contributed by atoms with Gasteiger partial charge >= 0.3 is 0 Å². The van der Waals surface area contributed by atoms with Crippen LogP contribution in [0.3, 0.4) is 0 Å². The van der Waals surface area contributed by atoms with Gasteiger partial charge in [-0.3, -0.25) is 4.79 Å². The molecule has 0 aliphatic carbocycles. The quantitative estimate of drug-likeness (QED) is 0.706. The molecule has 2 fully saturated rings. The zero-order valence-corrected chi connectivity index (χ0v) is 9.83. The summed E-state index contributed by atoms with van der Waals surface area (Å²) in [6, 6.07) is 0.0963. The molecular formula is C12H22N2O. The summed E-state index contributed by atoms with van der Waals surface area (Å²) in [5.41, 5.74) is 0. The lowest BCUT2D eigenvalue weighted by Gasteiger charge is -2.30. The van der Waals surface area contributed by atoms with E-state index >= 15 is 0 Å². The van der Waals surface area contributed by atoms with Crippen molar-refractivity contribution in [2.24, 2.45) is 11.8 Å². The van der Waals surface area contributed by atoms with Gasteiger partial charge in [0.2, 0.25) is 5.91 Å². The van der Waals surface area contributed by atoms with Crippen LogP contribution in [-0.2, 0) is 4.79 Å². The van der Waals surface area contributed by atoms with Crippen LogP contribution < -0.4 is 5.32 Å². The molecule has 2 aliphatic rings. The van der Waals surface area contributed by atoms with E-state index in [1.807, 2.05) is 4.90 Å². The summed E-state index contributed by atoms with van der Waals surface area (Å²) < 4.78 is 0. The monoisotopic (exact) mass is 210 g/mol. The zero-order valence-electron chi connectivity index (χ0n) is 9.83. The first kappa shape index (κ1) is 10.9. The Labute approximate surface area is 92.2 Å². The highest BCUT2D eigenvalue weighted by molar-refractivity contribution is 5.82. The van der Waals surface area contributed by atoms with Crippen LogP contribution in [0.2, 0.25) is 0 Å². The lowest BCUT2D eigenvalue weighted by atomic mass is 9.93. The van der Waals surface area contributed by atoms with Gasteiger partial charge in [0.05, 0.1) is 6.04 Å². The van der Waals surface area contributed by atoms with Crippen molar-refractivity contribution in [3.05, 3.63) is 0 Å². The number of carbonyl (C=O) groups excluding carboxylic acids is 1. The highest BCUT2D eigenvalue weighted by Gasteiger charge is 2.31. The van der Waals surface area contributed by atoms with Gasteiger partial charge in [-0.25, -0.2) is 0 Å². The molecule has 3 heteroatoms. The Kier molecular flexibility index (Phi) is 3.29. The maximum atomic E-state index is 12.2. The lowest BCUT2D eigenvalue weighted by Crippen LogP contribution is -2.49. The normalized spacial score (nSPS) is 36.9. The van der Waals surface area contributed by atoms with Crippen LogP contribution in [0.5, 0.6) is 0 Å². The first-order chi connectivity index (χ1) is 7.16. The SMILES string of the molecule is CC1CCNC(C(=O)N2CCC(C)C2)C1. The van der Waals surface area contributed by atoms with Crippen molar-refractivity contribution in [1.29, 1.82) is 0 Å². The number of amides is 1. The summed E-state index contributed by atoms with van der Waals surface area (Å²) in [6.07, 6.45) is 3.40. The second kappa shape index (κ2) is 4.52. The van der Waals surface area contributed by atoms with Gasteiger partial charge in [0.1, 0.15) is 0 Å². The molecule has 2 saturated heterocycles. The Hall–Kier alpha value is -0.570. The highest BCUT2D eigenvalue weighted by Crippen LogP contribution is 2.20. The number of piperidine rings is 1. The molecule has 1 N–H and O–H groups in total.